The van der Waals surface area contributed by atoms with Crippen molar-refractivity contribution >= 4 is 51.0 Å². The van der Waals surface area contributed by atoms with Crippen molar-refractivity contribution in [1.82, 2.24) is 14.0 Å². The number of carbonyl (C=O) groups is 3. The third-order valence-corrected chi connectivity index (χ3v) is 7.41. The Hall–Kier alpha value is -4.33. The van der Waals surface area contributed by atoms with Crippen LogP contribution in [-0.4, -0.2) is 50.3 Å². The minimum Gasteiger partial charge on any atom is -0.465 e. The molecular weight excluding hydrogens is 458 g/mol. The van der Waals surface area contributed by atoms with Crippen LogP contribution in [0.25, 0.3) is 33.0 Å². The van der Waals surface area contributed by atoms with Crippen LogP contribution in [-0.2, 0) is 27.9 Å². The molecule has 2 aromatic heterocycles. The molecule has 0 saturated carbocycles. The summed E-state index contributed by atoms with van der Waals surface area (Å²) in [6.07, 6.45) is 4.49. The molecule has 0 unspecified atom stereocenters. The van der Waals surface area contributed by atoms with E-state index in [1.54, 1.807) is 0 Å². The van der Waals surface area contributed by atoms with Gasteiger partial charge in [-0.1, -0.05) is 36.4 Å². The Morgan fingerprint density at radius 3 is 2.08 bits per heavy atom. The Kier molecular flexibility index (Phi) is 5.17. The Labute approximate surface area is 207 Å². The van der Waals surface area contributed by atoms with Gasteiger partial charge in [-0.25, -0.2) is 14.4 Å². The molecule has 1 fully saturated rings. The minimum atomic E-state index is -0.875. The SMILES string of the molecule is Cn1cc(C2=C(c3cn(CC4CCN(C(=O)O)CC4)c4ccccc34)C(=O)OC2=O)c2ccccc21. The first kappa shape index (κ1) is 22.2. The summed E-state index contributed by atoms with van der Waals surface area (Å²) in [6.45, 7) is 1.74. The van der Waals surface area contributed by atoms with Gasteiger partial charge in [0.1, 0.15) is 0 Å². The number of esters is 2. The Balaban J connectivity index is 1.47. The highest BCUT2D eigenvalue weighted by Crippen LogP contribution is 2.40. The molecule has 36 heavy (non-hydrogen) atoms. The number of benzene rings is 2. The van der Waals surface area contributed by atoms with Crippen LogP contribution in [0.1, 0.15) is 24.0 Å². The number of piperidine rings is 1. The van der Waals surface area contributed by atoms with E-state index in [2.05, 4.69) is 4.57 Å². The first-order chi connectivity index (χ1) is 17.4. The van der Waals surface area contributed by atoms with Crippen molar-refractivity contribution in [3.63, 3.8) is 0 Å². The van der Waals surface area contributed by atoms with E-state index in [0.717, 1.165) is 34.6 Å². The van der Waals surface area contributed by atoms with Crippen LogP contribution in [0.3, 0.4) is 0 Å². The molecule has 8 heteroatoms. The smallest absolute Gasteiger partial charge is 0.407 e. The molecule has 0 aliphatic carbocycles. The highest BCUT2D eigenvalue weighted by atomic mass is 16.6. The third kappa shape index (κ3) is 3.48. The topological polar surface area (TPSA) is 93.8 Å². The van der Waals surface area contributed by atoms with Gasteiger partial charge in [0.05, 0.1) is 11.1 Å². The van der Waals surface area contributed by atoms with E-state index in [1.165, 1.54) is 4.90 Å². The van der Waals surface area contributed by atoms with Crippen molar-refractivity contribution in [3.05, 3.63) is 72.1 Å². The zero-order valence-electron chi connectivity index (χ0n) is 19.8. The zero-order valence-corrected chi connectivity index (χ0v) is 19.8. The maximum absolute atomic E-state index is 13.1. The number of rotatable bonds is 4. The molecule has 0 bridgehead atoms. The predicted molar refractivity (Wildman–Crippen MR) is 135 cm³/mol. The standard InChI is InChI=1S/C28H25N3O5/c1-29-15-20(18-6-2-4-8-22(18)29)24-25(27(33)36-26(24)32)21-16-31(23-9-5-3-7-19(21)23)14-17-10-12-30(13-11-17)28(34)35/h2-9,15-17H,10-14H2,1H3,(H,34,35). The fourth-order valence-electron chi connectivity index (χ4n) is 5.60. The summed E-state index contributed by atoms with van der Waals surface area (Å²) in [5, 5.41) is 11.0. The number of para-hydroxylation sites is 2. The normalized spacial score (nSPS) is 17.0. The molecule has 4 heterocycles. The molecule has 2 aromatic carbocycles. The molecule has 1 saturated heterocycles. The molecule has 0 radical (unpaired) electrons. The van der Waals surface area contributed by atoms with Crippen molar-refractivity contribution < 1.29 is 24.2 Å². The second-order valence-electron chi connectivity index (χ2n) is 9.52. The zero-order chi connectivity index (χ0) is 25.0. The molecule has 2 aliphatic rings. The van der Waals surface area contributed by atoms with Gasteiger partial charge in [-0.3, -0.25) is 0 Å². The van der Waals surface area contributed by atoms with Crippen LogP contribution in [0.2, 0.25) is 0 Å². The lowest BCUT2D eigenvalue weighted by molar-refractivity contribution is -0.149. The summed E-state index contributed by atoms with van der Waals surface area (Å²) in [5.41, 5.74) is 3.84. The molecule has 182 valence electrons. The molecule has 2 aliphatic heterocycles. The highest BCUT2D eigenvalue weighted by molar-refractivity contribution is 6.46. The Bertz CT molecular complexity index is 1580. The first-order valence-electron chi connectivity index (χ1n) is 12.0. The van der Waals surface area contributed by atoms with Gasteiger partial charge in [-0.05, 0) is 30.9 Å². The first-order valence-corrected chi connectivity index (χ1v) is 12.0. The third-order valence-electron chi connectivity index (χ3n) is 7.41. The number of carbonyl (C=O) groups excluding carboxylic acids is 2. The highest BCUT2D eigenvalue weighted by Gasteiger charge is 2.38. The predicted octanol–water partition coefficient (Wildman–Crippen LogP) is 4.52. The summed E-state index contributed by atoms with van der Waals surface area (Å²) in [7, 11) is 1.91. The number of nitrogens with zero attached hydrogens (tertiary/aromatic N) is 3. The summed E-state index contributed by atoms with van der Waals surface area (Å²) in [5.74, 6) is -0.960. The summed E-state index contributed by atoms with van der Waals surface area (Å²) in [4.78, 5) is 38.8. The molecule has 1 amide bonds. The van der Waals surface area contributed by atoms with Crippen LogP contribution >= 0.6 is 0 Å². The number of ether oxygens (including phenoxy) is 1. The van der Waals surface area contributed by atoms with E-state index < -0.39 is 18.0 Å². The van der Waals surface area contributed by atoms with Crippen LogP contribution in [0.5, 0.6) is 0 Å². The molecule has 8 nitrogen and oxygen atoms in total. The van der Waals surface area contributed by atoms with Gasteiger partial charge in [0.25, 0.3) is 0 Å². The maximum Gasteiger partial charge on any atom is 0.407 e. The van der Waals surface area contributed by atoms with Gasteiger partial charge in [0, 0.05) is 72.0 Å². The Morgan fingerprint density at radius 2 is 1.44 bits per heavy atom. The number of aryl methyl sites for hydroxylation is 1. The van der Waals surface area contributed by atoms with E-state index in [9.17, 15) is 19.5 Å². The van der Waals surface area contributed by atoms with Crippen LogP contribution in [0, 0.1) is 5.92 Å². The van der Waals surface area contributed by atoms with Crippen molar-refractivity contribution in [3.8, 4) is 0 Å². The summed E-state index contributed by atoms with van der Waals surface area (Å²) in [6, 6.07) is 15.6. The molecule has 1 N–H and O–H groups in total. The van der Waals surface area contributed by atoms with E-state index in [4.69, 9.17) is 4.74 Å². The van der Waals surface area contributed by atoms with E-state index in [-0.39, 0.29) is 11.1 Å². The fraction of sp³-hybridized carbons (Fsp3) is 0.250. The van der Waals surface area contributed by atoms with Crippen molar-refractivity contribution in [2.45, 2.75) is 19.4 Å². The van der Waals surface area contributed by atoms with Crippen LogP contribution in [0.4, 0.5) is 4.79 Å². The fourth-order valence-corrected chi connectivity index (χ4v) is 5.60. The van der Waals surface area contributed by atoms with E-state index in [0.29, 0.717) is 36.7 Å². The van der Waals surface area contributed by atoms with Gasteiger partial charge >= 0.3 is 18.0 Å². The van der Waals surface area contributed by atoms with E-state index in [1.807, 2.05) is 72.5 Å². The number of aromatic nitrogens is 2. The quantitative estimate of drug-likeness (QED) is 0.340. The number of cyclic esters (lactones) is 2. The van der Waals surface area contributed by atoms with Crippen LogP contribution in [0.15, 0.2) is 60.9 Å². The number of fused-ring (bicyclic) bond motifs is 2. The minimum absolute atomic E-state index is 0.284. The monoisotopic (exact) mass is 483 g/mol. The second kappa shape index (κ2) is 8.41. The number of amides is 1. The Morgan fingerprint density at radius 1 is 0.889 bits per heavy atom. The number of hydrogen-bond donors (Lipinski definition) is 1. The lowest BCUT2D eigenvalue weighted by Crippen LogP contribution is -2.38. The number of likely N-dealkylation sites (tertiary alicyclic amines) is 1. The van der Waals surface area contributed by atoms with Crippen molar-refractivity contribution in [2.75, 3.05) is 13.1 Å². The lowest BCUT2D eigenvalue weighted by atomic mass is 9.95. The number of hydrogen-bond acceptors (Lipinski definition) is 4. The molecule has 0 atom stereocenters. The average Bonchev–Trinajstić information content (AvgIpc) is 3.50. The van der Waals surface area contributed by atoms with Gasteiger partial charge in [0.2, 0.25) is 0 Å². The molecular formula is C28H25N3O5. The average molecular weight is 484 g/mol. The second-order valence-corrected chi connectivity index (χ2v) is 9.52. The van der Waals surface area contributed by atoms with Gasteiger partial charge in [-0.15, -0.1) is 0 Å². The maximum atomic E-state index is 13.1. The van der Waals surface area contributed by atoms with Crippen LogP contribution < -0.4 is 0 Å². The molecule has 6 rings (SSSR count). The number of carboxylic acid groups (broad SMARTS) is 1. The van der Waals surface area contributed by atoms with Crippen molar-refractivity contribution in [1.29, 1.82) is 0 Å². The lowest BCUT2D eigenvalue weighted by Gasteiger charge is -2.30. The summed E-state index contributed by atoms with van der Waals surface area (Å²) < 4.78 is 9.23. The van der Waals surface area contributed by atoms with Gasteiger partial charge < -0.3 is 23.9 Å². The van der Waals surface area contributed by atoms with Crippen molar-refractivity contribution in [2.24, 2.45) is 13.0 Å². The largest absolute Gasteiger partial charge is 0.465 e. The molecule has 4 aromatic rings. The van der Waals surface area contributed by atoms with E-state index >= 15 is 0 Å². The van der Waals surface area contributed by atoms with Gasteiger partial charge in [0.15, 0.2) is 0 Å². The summed E-state index contributed by atoms with van der Waals surface area (Å²) >= 11 is 0. The molecule has 0 spiro atoms. The van der Waals surface area contributed by atoms with Gasteiger partial charge in [-0.2, -0.15) is 0 Å².